The maximum atomic E-state index is 11.4. The number of carboxylic acid groups (broad SMARTS) is 1. The van der Waals surface area contributed by atoms with Crippen LogP contribution in [0.25, 0.3) is 5.69 Å². The van der Waals surface area contributed by atoms with Crippen LogP contribution in [0, 0.1) is 5.92 Å². The van der Waals surface area contributed by atoms with Gasteiger partial charge in [0, 0.05) is 6.20 Å². The molecule has 1 N–H and O–H groups in total. The summed E-state index contributed by atoms with van der Waals surface area (Å²) in [7, 11) is 1.17. The number of carbonyl (C=O) groups excluding carboxylic acids is 1. The first-order chi connectivity index (χ1) is 9.61. The molecule has 0 amide bonds. The van der Waals surface area contributed by atoms with Crippen LogP contribution >= 0.6 is 0 Å². The largest absolute Gasteiger partial charge is 0.481 e. The van der Waals surface area contributed by atoms with Gasteiger partial charge in [-0.3, -0.25) is 9.59 Å². The first-order valence-electron chi connectivity index (χ1n) is 6.01. The highest BCUT2D eigenvalue weighted by atomic mass is 16.5. The van der Waals surface area contributed by atoms with E-state index in [1.54, 1.807) is 17.1 Å². The zero-order valence-electron chi connectivity index (χ0n) is 10.9. The topological polar surface area (TPSA) is 81.4 Å². The number of ether oxygens (including phenoxy) is 1. The summed E-state index contributed by atoms with van der Waals surface area (Å²) in [6, 6.07) is 9.42. The molecule has 0 saturated carbocycles. The SMILES string of the molecule is COC(=O)C(Cc1cnn(-c2ccccc2)c1)C(=O)O. The average molecular weight is 274 g/mol. The smallest absolute Gasteiger partial charge is 0.320 e. The molecule has 0 aliphatic carbocycles. The van der Waals surface area contributed by atoms with Crippen LogP contribution in [0.3, 0.4) is 0 Å². The maximum absolute atomic E-state index is 11.4. The van der Waals surface area contributed by atoms with E-state index in [9.17, 15) is 9.59 Å². The summed E-state index contributed by atoms with van der Waals surface area (Å²) in [5.41, 5.74) is 1.52. The third kappa shape index (κ3) is 3.03. The predicted molar refractivity (Wildman–Crippen MR) is 70.4 cm³/mol. The van der Waals surface area contributed by atoms with Gasteiger partial charge in [-0.25, -0.2) is 4.68 Å². The Morgan fingerprint density at radius 3 is 2.65 bits per heavy atom. The van der Waals surface area contributed by atoms with E-state index in [4.69, 9.17) is 5.11 Å². The Labute approximate surface area is 115 Å². The average Bonchev–Trinajstić information content (AvgIpc) is 2.93. The number of aromatic nitrogens is 2. The summed E-state index contributed by atoms with van der Waals surface area (Å²) in [5.74, 6) is -3.18. The molecule has 1 unspecified atom stereocenters. The minimum atomic E-state index is -1.21. The first-order valence-corrected chi connectivity index (χ1v) is 6.01. The number of aliphatic carboxylic acids is 1. The van der Waals surface area contributed by atoms with Crippen LogP contribution in [0.1, 0.15) is 5.56 Å². The Bertz CT molecular complexity index is 607. The molecule has 1 atom stereocenters. The van der Waals surface area contributed by atoms with Crippen LogP contribution in [0.4, 0.5) is 0 Å². The molecule has 6 heteroatoms. The molecule has 0 aliphatic rings. The van der Waals surface area contributed by atoms with Crippen molar-refractivity contribution in [3.05, 3.63) is 48.3 Å². The minimum Gasteiger partial charge on any atom is -0.481 e. The van der Waals surface area contributed by atoms with Gasteiger partial charge in [-0.15, -0.1) is 0 Å². The molecule has 20 heavy (non-hydrogen) atoms. The van der Waals surface area contributed by atoms with Crippen LogP contribution in [0.15, 0.2) is 42.7 Å². The summed E-state index contributed by atoms with van der Waals surface area (Å²) in [6.45, 7) is 0. The van der Waals surface area contributed by atoms with Gasteiger partial charge in [-0.05, 0) is 24.1 Å². The van der Waals surface area contributed by atoms with E-state index in [-0.39, 0.29) is 6.42 Å². The Morgan fingerprint density at radius 1 is 1.35 bits per heavy atom. The van der Waals surface area contributed by atoms with Crippen molar-refractivity contribution in [1.29, 1.82) is 0 Å². The molecule has 6 nitrogen and oxygen atoms in total. The van der Waals surface area contributed by atoms with Crippen molar-refractivity contribution in [2.75, 3.05) is 7.11 Å². The van der Waals surface area contributed by atoms with Crippen molar-refractivity contribution in [2.24, 2.45) is 5.92 Å². The molecule has 0 spiro atoms. The molecule has 0 aliphatic heterocycles. The number of para-hydroxylation sites is 1. The first kappa shape index (κ1) is 13.8. The summed E-state index contributed by atoms with van der Waals surface area (Å²) in [5, 5.41) is 13.2. The third-order valence-corrected chi connectivity index (χ3v) is 2.88. The molecular formula is C14H14N2O4. The monoisotopic (exact) mass is 274 g/mol. The molecule has 1 aromatic heterocycles. The molecule has 1 aromatic carbocycles. The van der Waals surface area contributed by atoms with Gasteiger partial charge in [-0.1, -0.05) is 18.2 Å². The summed E-state index contributed by atoms with van der Waals surface area (Å²) in [4.78, 5) is 22.5. The van der Waals surface area contributed by atoms with Gasteiger partial charge in [0.1, 0.15) is 0 Å². The van der Waals surface area contributed by atoms with Crippen molar-refractivity contribution < 1.29 is 19.4 Å². The van der Waals surface area contributed by atoms with Crippen LogP contribution in [0.2, 0.25) is 0 Å². The van der Waals surface area contributed by atoms with Crippen molar-refractivity contribution in [3.63, 3.8) is 0 Å². The second-order valence-corrected chi connectivity index (χ2v) is 4.25. The van der Waals surface area contributed by atoms with Gasteiger partial charge < -0.3 is 9.84 Å². The number of rotatable bonds is 5. The fraction of sp³-hybridized carbons (Fsp3) is 0.214. The zero-order valence-corrected chi connectivity index (χ0v) is 10.9. The van der Waals surface area contributed by atoms with E-state index in [0.29, 0.717) is 5.56 Å². The lowest BCUT2D eigenvalue weighted by Gasteiger charge is -2.08. The van der Waals surface area contributed by atoms with E-state index < -0.39 is 17.9 Å². The van der Waals surface area contributed by atoms with E-state index in [0.717, 1.165) is 5.69 Å². The van der Waals surface area contributed by atoms with Gasteiger partial charge in [-0.2, -0.15) is 5.10 Å². The quantitative estimate of drug-likeness (QED) is 0.656. The summed E-state index contributed by atoms with van der Waals surface area (Å²) >= 11 is 0. The number of hydrogen-bond acceptors (Lipinski definition) is 4. The van der Waals surface area contributed by atoms with Crippen LogP contribution in [0.5, 0.6) is 0 Å². The van der Waals surface area contributed by atoms with Gasteiger partial charge in [0.25, 0.3) is 0 Å². The zero-order chi connectivity index (χ0) is 14.5. The number of nitrogens with zero attached hydrogens (tertiary/aromatic N) is 2. The molecule has 104 valence electrons. The second-order valence-electron chi connectivity index (χ2n) is 4.25. The van der Waals surface area contributed by atoms with Crippen molar-refractivity contribution in [2.45, 2.75) is 6.42 Å². The maximum Gasteiger partial charge on any atom is 0.320 e. The molecule has 0 radical (unpaired) electrons. The number of methoxy groups -OCH3 is 1. The van der Waals surface area contributed by atoms with Crippen molar-refractivity contribution in [3.8, 4) is 5.69 Å². The molecule has 0 fully saturated rings. The Morgan fingerprint density at radius 2 is 2.05 bits per heavy atom. The van der Waals surface area contributed by atoms with Crippen molar-refractivity contribution >= 4 is 11.9 Å². The lowest BCUT2D eigenvalue weighted by molar-refractivity contribution is -0.156. The van der Waals surface area contributed by atoms with Gasteiger partial charge in [0.05, 0.1) is 19.0 Å². The van der Waals surface area contributed by atoms with Crippen LogP contribution in [-0.2, 0) is 20.7 Å². The van der Waals surface area contributed by atoms with Crippen molar-refractivity contribution in [1.82, 2.24) is 9.78 Å². The number of carboxylic acids is 1. The fourth-order valence-electron chi connectivity index (χ4n) is 1.84. The minimum absolute atomic E-state index is 0.0504. The number of carbonyl (C=O) groups is 2. The Kier molecular flexibility index (Phi) is 4.14. The van der Waals surface area contributed by atoms with E-state index in [2.05, 4.69) is 9.84 Å². The molecule has 2 rings (SSSR count). The van der Waals surface area contributed by atoms with E-state index in [1.807, 2.05) is 30.3 Å². The Balaban J connectivity index is 2.17. The third-order valence-electron chi connectivity index (χ3n) is 2.88. The molecule has 2 aromatic rings. The van der Waals surface area contributed by atoms with Gasteiger partial charge in [0.15, 0.2) is 5.92 Å². The van der Waals surface area contributed by atoms with Gasteiger partial charge >= 0.3 is 11.9 Å². The summed E-state index contributed by atoms with van der Waals surface area (Å²) < 4.78 is 6.12. The second kappa shape index (κ2) is 6.01. The highest BCUT2D eigenvalue weighted by Gasteiger charge is 2.27. The molecule has 1 heterocycles. The standard InChI is InChI=1S/C14H14N2O4/c1-20-14(19)12(13(17)18)7-10-8-15-16(9-10)11-5-3-2-4-6-11/h2-6,8-9,12H,7H2,1H3,(H,17,18). The lowest BCUT2D eigenvalue weighted by atomic mass is 10.0. The number of benzene rings is 1. The molecular weight excluding hydrogens is 260 g/mol. The Hall–Kier alpha value is -2.63. The van der Waals surface area contributed by atoms with Crippen LogP contribution in [-0.4, -0.2) is 33.9 Å². The van der Waals surface area contributed by atoms with Gasteiger partial charge in [0.2, 0.25) is 0 Å². The van der Waals surface area contributed by atoms with Crippen LogP contribution < -0.4 is 0 Å². The summed E-state index contributed by atoms with van der Waals surface area (Å²) in [6.07, 6.45) is 3.30. The molecule has 0 bridgehead atoms. The fourth-order valence-corrected chi connectivity index (χ4v) is 1.84. The highest BCUT2D eigenvalue weighted by Crippen LogP contribution is 2.13. The number of hydrogen-bond donors (Lipinski definition) is 1. The lowest BCUT2D eigenvalue weighted by Crippen LogP contribution is -2.26. The normalized spacial score (nSPS) is 11.8. The van der Waals surface area contributed by atoms with E-state index >= 15 is 0 Å². The molecule has 0 saturated heterocycles. The highest BCUT2D eigenvalue weighted by molar-refractivity contribution is 5.94. The number of esters is 1. The predicted octanol–water partition coefficient (Wildman–Crippen LogP) is 1.29. The van der Waals surface area contributed by atoms with E-state index in [1.165, 1.54) is 7.11 Å².